The minimum absolute atomic E-state index is 0.241. The summed E-state index contributed by atoms with van der Waals surface area (Å²) in [4.78, 5) is 11.4. The van der Waals surface area contributed by atoms with Gasteiger partial charge in [0.1, 0.15) is 0 Å². The molecule has 2 nitrogen and oxygen atoms in total. The zero-order valence-corrected chi connectivity index (χ0v) is 6.81. The molecular formula is C9H13NO. The summed E-state index contributed by atoms with van der Waals surface area (Å²) in [5, 5.41) is 3.19. The number of rotatable bonds is 0. The predicted octanol–water partition coefficient (Wildman–Crippen LogP) is 1.23. The van der Waals surface area contributed by atoms with Crippen molar-refractivity contribution in [1.29, 1.82) is 0 Å². The van der Waals surface area contributed by atoms with E-state index < -0.39 is 0 Å². The second-order valence-corrected chi connectivity index (χ2v) is 3.48. The molecule has 0 saturated heterocycles. The summed E-state index contributed by atoms with van der Waals surface area (Å²) in [5.41, 5.74) is 2.32. The molecule has 1 heterocycles. The fourth-order valence-corrected chi connectivity index (χ4v) is 1.94. The lowest BCUT2D eigenvalue weighted by atomic mass is 10.0. The van der Waals surface area contributed by atoms with Crippen molar-refractivity contribution in [3.63, 3.8) is 0 Å². The molecule has 0 radical (unpaired) electrons. The van der Waals surface area contributed by atoms with Gasteiger partial charge < -0.3 is 5.32 Å². The highest BCUT2D eigenvalue weighted by atomic mass is 16.1. The Kier molecular flexibility index (Phi) is 1.48. The van der Waals surface area contributed by atoms with E-state index in [2.05, 4.69) is 5.32 Å². The maximum absolute atomic E-state index is 11.4. The maximum atomic E-state index is 11.4. The van der Waals surface area contributed by atoms with Gasteiger partial charge in [-0.2, -0.15) is 0 Å². The van der Waals surface area contributed by atoms with Gasteiger partial charge in [-0.15, -0.1) is 0 Å². The van der Waals surface area contributed by atoms with E-state index in [-0.39, 0.29) is 5.92 Å². The zero-order chi connectivity index (χ0) is 7.84. The Hall–Kier alpha value is -0.790. The van der Waals surface area contributed by atoms with Gasteiger partial charge in [-0.1, -0.05) is 6.92 Å². The van der Waals surface area contributed by atoms with Crippen LogP contribution in [0.4, 0.5) is 0 Å². The van der Waals surface area contributed by atoms with Gasteiger partial charge in [-0.25, -0.2) is 0 Å². The molecule has 2 heteroatoms. The molecule has 1 atom stereocenters. The third-order valence-electron chi connectivity index (χ3n) is 2.56. The van der Waals surface area contributed by atoms with Gasteiger partial charge in [-0.3, -0.25) is 4.79 Å². The molecule has 1 aliphatic heterocycles. The quantitative estimate of drug-likeness (QED) is 0.564. The van der Waals surface area contributed by atoms with Gasteiger partial charge >= 0.3 is 0 Å². The Morgan fingerprint density at radius 2 is 2.36 bits per heavy atom. The summed E-state index contributed by atoms with van der Waals surface area (Å²) in [6.45, 7) is 3.00. The average molecular weight is 151 g/mol. The molecule has 0 aromatic heterocycles. The number of hydrogen-bond donors (Lipinski definition) is 1. The van der Waals surface area contributed by atoms with Gasteiger partial charge in [0.05, 0.1) is 5.70 Å². The Morgan fingerprint density at radius 3 is 3.09 bits per heavy atom. The summed E-state index contributed by atoms with van der Waals surface area (Å²) in [6, 6.07) is 0. The van der Waals surface area contributed by atoms with Crippen LogP contribution in [0.3, 0.4) is 0 Å². The first-order valence-corrected chi connectivity index (χ1v) is 4.29. The molecule has 0 aromatic carbocycles. The SMILES string of the molecule is CC1CC2=C(NCCC2)C1=O. The van der Waals surface area contributed by atoms with Crippen LogP contribution in [-0.2, 0) is 4.79 Å². The van der Waals surface area contributed by atoms with Crippen LogP contribution >= 0.6 is 0 Å². The molecule has 0 spiro atoms. The molecule has 60 valence electrons. The van der Waals surface area contributed by atoms with Crippen molar-refractivity contribution in [2.45, 2.75) is 26.2 Å². The highest BCUT2D eigenvalue weighted by Gasteiger charge is 2.30. The molecule has 0 amide bonds. The Labute approximate surface area is 66.7 Å². The van der Waals surface area contributed by atoms with E-state index in [4.69, 9.17) is 0 Å². The first-order valence-electron chi connectivity index (χ1n) is 4.29. The third-order valence-corrected chi connectivity index (χ3v) is 2.56. The van der Waals surface area contributed by atoms with Crippen molar-refractivity contribution in [2.75, 3.05) is 6.54 Å². The lowest BCUT2D eigenvalue weighted by Crippen LogP contribution is -2.24. The number of allylic oxidation sites excluding steroid dienone is 2. The molecule has 11 heavy (non-hydrogen) atoms. The van der Waals surface area contributed by atoms with Crippen molar-refractivity contribution >= 4 is 5.78 Å². The highest BCUT2D eigenvalue weighted by molar-refractivity contribution is 5.99. The number of nitrogens with one attached hydrogen (secondary N) is 1. The Bertz CT molecular complexity index is 230. The number of ketones is 1. The lowest BCUT2D eigenvalue weighted by molar-refractivity contribution is -0.118. The summed E-state index contributed by atoms with van der Waals surface area (Å²) in [5.74, 6) is 0.574. The van der Waals surface area contributed by atoms with Gasteiger partial charge in [0.2, 0.25) is 0 Å². The number of carbonyl (C=O) groups excluding carboxylic acids is 1. The molecular weight excluding hydrogens is 138 g/mol. The first-order chi connectivity index (χ1) is 5.29. The van der Waals surface area contributed by atoms with Gasteiger partial charge in [0.25, 0.3) is 0 Å². The van der Waals surface area contributed by atoms with Crippen molar-refractivity contribution in [3.8, 4) is 0 Å². The van der Waals surface area contributed by atoms with Crippen molar-refractivity contribution < 1.29 is 4.79 Å². The van der Waals surface area contributed by atoms with E-state index in [0.717, 1.165) is 25.1 Å². The molecule has 1 aliphatic carbocycles. The van der Waals surface area contributed by atoms with Crippen LogP contribution in [0.1, 0.15) is 26.2 Å². The molecule has 1 unspecified atom stereocenters. The van der Waals surface area contributed by atoms with Gasteiger partial charge in [0.15, 0.2) is 5.78 Å². The standard InChI is InChI=1S/C9H13NO/c1-6-5-7-3-2-4-10-8(7)9(6)11/h6,10H,2-5H2,1H3. The number of Topliss-reactive ketones (excluding diaryl/α,β-unsaturated/α-hetero) is 1. The summed E-state index contributed by atoms with van der Waals surface area (Å²) >= 11 is 0. The van der Waals surface area contributed by atoms with E-state index in [0.29, 0.717) is 5.78 Å². The average Bonchev–Trinajstić information content (AvgIpc) is 2.30. The Morgan fingerprint density at radius 1 is 1.55 bits per heavy atom. The molecule has 2 aliphatic rings. The van der Waals surface area contributed by atoms with Crippen LogP contribution in [0.5, 0.6) is 0 Å². The van der Waals surface area contributed by atoms with Crippen LogP contribution in [0.15, 0.2) is 11.3 Å². The molecule has 1 N–H and O–H groups in total. The summed E-state index contributed by atoms with van der Waals surface area (Å²) in [7, 11) is 0. The van der Waals surface area contributed by atoms with Crippen LogP contribution in [0.25, 0.3) is 0 Å². The monoisotopic (exact) mass is 151 g/mol. The van der Waals surface area contributed by atoms with E-state index >= 15 is 0 Å². The zero-order valence-electron chi connectivity index (χ0n) is 6.81. The van der Waals surface area contributed by atoms with E-state index in [1.807, 2.05) is 6.92 Å². The van der Waals surface area contributed by atoms with Crippen LogP contribution < -0.4 is 5.32 Å². The van der Waals surface area contributed by atoms with Crippen molar-refractivity contribution in [3.05, 3.63) is 11.3 Å². The molecule has 0 aromatic rings. The fourth-order valence-electron chi connectivity index (χ4n) is 1.94. The van der Waals surface area contributed by atoms with Gasteiger partial charge in [0, 0.05) is 12.5 Å². The van der Waals surface area contributed by atoms with Crippen molar-refractivity contribution in [2.24, 2.45) is 5.92 Å². The predicted molar refractivity (Wildman–Crippen MR) is 43.1 cm³/mol. The molecule has 0 bridgehead atoms. The lowest BCUT2D eigenvalue weighted by Gasteiger charge is -2.14. The fraction of sp³-hybridized carbons (Fsp3) is 0.667. The second-order valence-electron chi connectivity index (χ2n) is 3.48. The van der Waals surface area contributed by atoms with E-state index in [1.165, 1.54) is 12.0 Å². The van der Waals surface area contributed by atoms with E-state index in [1.54, 1.807) is 0 Å². The smallest absolute Gasteiger partial charge is 0.181 e. The summed E-state index contributed by atoms with van der Waals surface area (Å²) in [6.07, 6.45) is 3.33. The van der Waals surface area contributed by atoms with Gasteiger partial charge in [-0.05, 0) is 24.8 Å². The van der Waals surface area contributed by atoms with Crippen molar-refractivity contribution in [1.82, 2.24) is 5.32 Å². The van der Waals surface area contributed by atoms with E-state index in [9.17, 15) is 4.79 Å². The second kappa shape index (κ2) is 2.36. The van der Waals surface area contributed by atoms with Crippen LogP contribution in [0.2, 0.25) is 0 Å². The van der Waals surface area contributed by atoms with Crippen LogP contribution in [-0.4, -0.2) is 12.3 Å². The number of carbonyl (C=O) groups is 1. The largest absolute Gasteiger partial charge is 0.382 e. The first kappa shape index (κ1) is 6.89. The normalized spacial score (nSPS) is 30.3. The minimum atomic E-state index is 0.241. The minimum Gasteiger partial charge on any atom is -0.382 e. The highest BCUT2D eigenvalue weighted by Crippen LogP contribution is 2.31. The third kappa shape index (κ3) is 0.971. The summed E-state index contributed by atoms with van der Waals surface area (Å²) < 4.78 is 0. The van der Waals surface area contributed by atoms with Crippen LogP contribution in [0, 0.1) is 5.92 Å². The molecule has 0 saturated carbocycles. The maximum Gasteiger partial charge on any atom is 0.181 e. The Balaban J connectivity index is 2.27. The number of hydrogen-bond acceptors (Lipinski definition) is 2. The topological polar surface area (TPSA) is 29.1 Å². The molecule has 0 fully saturated rings. The molecule has 2 rings (SSSR count).